The van der Waals surface area contributed by atoms with Crippen molar-refractivity contribution in [3.8, 4) is 5.69 Å². The molecule has 0 radical (unpaired) electrons. The van der Waals surface area contributed by atoms with Crippen LogP contribution in [0.5, 0.6) is 0 Å². The van der Waals surface area contributed by atoms with Gasteiger partial charge in [-0.25, -0.2) is 4.98 Å². The summed E-state index contributed by atoms with van der Waals surface area (Å²) in [6.45, 7) is 5.79. The van der Waals surface area contributed by atoms with Crippen LogP contribution in [0.15, 0.2) is 41.7 Å². The van der Waals surface area contributed by atoms with Crippen molar-refractivity contribution in [3.05, 3.63) is 52.7 Å². The van der Waals surface area contributed by atoms with Gasteiger partial charge in [0.25, 0.3) is 0 Å². The van der Waals surface area contributed by atoms with Crippen LogP contribution < -0.4 is 5.32 Å². The molecule has 26 heavy (non-hydrogen) atoms. The van der Waals surface area contributed by atoms with Crippen molar-refractivity contribution in [2.45, 2.75) is 31.2 Å². The minimum Gasteiger partial charge on any atom is -0.310 e. The van der Waals surface area contributed by atoms with Gasteiger partial charge < -0.3 is 5.32 Å². The summed E-state index contributed by atoms with van der Waals surface area (Å²) in [4.78, 5) is 16.5. The van der Waals surface area contributed by atoms with Gasteiger partial charge in [0, 0.05) is 6.20 Å². The summed E-state index contributed by atoms with van der Waals surface area (Å²) in [5, 5.41) is 15.3. The monoisotopic (exact) mass is 388 g/mol. The van der Waals surface area contributed by atoms with Gasteiger partial charge in [0.2, 0.25) is 11.1 Å². The van der Waals surface area contributed by atoms with Crippen molar-refractivity contribution in [2.24, 2.45) is 0 Å². The van der Waals surface area contributed by atoms with E-state index in [4.69, 9.17) is 11.6 Å². The van der Waals surface area contributed by atoms with Crippen LogP contribution in [0.25, 0.3) is 5.69 Å². The number of hydrogen-bond acceptors (Lipinski definition) is 6. The first-order chi connectivity index (χ1) is 12.5. The number of para-hydroxylation sites is 1. The molecule has 7 nitrogen and oxygen atoms in total. The lowest BCUT2D eigenvalue weighted by Crippen LogP contribution is -2.23. The molecule has 2 heterocycles. The molecule has 0 saturated carbocycles. The first-order valence-corrected chi connectivity index (χ1v) is 9.15. The first kappa shape index (κ1) is 18.3. The lowest BCUT2D eigenvalue weighted by Gasteiger charge is -2.13. The molecule has 0 aliphatic carbocycles. The zero-order valence-corrected chi connectivity index (χ0v) is 16.0. The Morgan fingerprint density at radius 1 is 1.23 bits per heavy atom. The van der Waals surface area contributed by atoms with Crippen LogP contribution in [0.2, 0.25) is 5.02 Å². The normalized spacial score (nSPS) is 12.0. The van der Waals surface area contributed by atoms with E-state index in [1.807, 2.05) is 32.0 Å². The number of anilines is 1. The number of carbonyl (C=O) groups is 1. The highest BCUT2D eigenvalue weighted by Gasteiger charge is 2.21. The van der Waals surface area contributed by atoms with Crippen molar-refractivity contribution < 1.29 is 4.79 Å². The van der Waals surface area contributed by atoms with Crippen LogP contribution in [-0.2, 0) is 4.79 Å². The fourth-order valence-corrected chi connectivity index (χ4v) is 3.33. The van der Waals surface area contributed by atoms with Crippen molar-refractivity contribution in [1.82, 2.24) is 25.2 Å². The molecule has 3 aromatic rings. The van der Waals surface area contributed by atoms with E-state index in [0.717, 1.165) is 16.8 Å². The van der Waals surface area contributed by atoms with E-state index in [1.165, 1.54) is 18.0 Å². The van der Waals surface area contributed by atoms with Crippen molar-refractivity contribution in [3.63, 3.8) is 0 Å². The average molecular weight is 389 g/mol. The molecule has 134 valence electrons. The van der Waals surface area contributed by atoms with Crippen molar-refractivity contribution in [1.29, 1.82) is 0 Å². The third kappa shape index (κ3) is 4.03. The van der Waals surface area contributed by atoms with Crippen LogP contribution >= 0.6 is 23.4 Å². The highest BCUT2D eigenvalue weighted by Crippen LogP contribution is 2.26. The molecule has 9 heteroatoms. The number of thioether (sulfide) groups is 1. The van der Waals surface area contributed by atoms with Gasteiger partial charge in [-0.3, -0.25) is 4.79 Å². The highest BCUT2D eigenvalue weighted by atomic mass is 35.5. The summed E-state index contributed by atoms with van der Waals surface area (Å²) in [5.74, 6) is 0.252. The number of halogens is 1. The second kappa shape index (κ2) is 7.84. The molecule has 1 aromatic carbocycles. The molecule has 1 N–H and O–H groups in total. The van der Waals surface area contributed by atoms with Crippen LogP contribution in [0.4, 0.5) is 5.82 Å². The molecular formula is C17H17ClN6OS. The third-order valence-corrected chi connectivity index (χ3v) is 4.98. The predicted molar refractivity (Wildman–Crippen MR) is 102 cm³/mol. The summed E-state index contributed by atoms with van der Waals surface area (Å²) in [5.41, 5.74) is 3.04. The standard InChI is InChI=1S/C17H17ClN6OS/c1-10-5-4-6-11(2)15(10)24-17(21-22-23-24)26-12(3)16(25)20-14-8-7-13(18)9-19-14/h4-9,12H,1-3H3,(H,19,20,25)/t12-/m1/s1. The Hall–Kier alpha value is -2.45. The summed E-state index contributed by atoms with van der Waals surface area (Å²) in [6.07, 6.45) is 1.48. The van der Waals surface area contributed by atoms with Crippen molar-refractivity contribution in [2.75, 3.05) is 5.32 Å². The number of hydrogen-bond donors (Lipinski definition) is 1. The van der Waals surface area contributed by atoms with E-state index in [2.05, 4.69) is 25.8 Å². The summed E-state index contributed by atoms with van der Waals surface area (Å²) in [7, 11) is 0. The van der Waals surface area contributed by atoms with E-state index >= 15 is 0 Å². The smallest absolute Gasteiger partial charge is 0.238 e. The maximum Gasteiger partial charge on any atom is 0.238 e. The lowest BCUT2D eigenvalue weighted by atomic mass is 10.1. The maximum absolute atomic E-state index is 12.4. The third-order valence-electron chi connectivity index (χ3n) is 3.72. The summed E-state index contributed by atoms with van der Waals surface area (Å²) >= 11 is 7.08. The number of tetrazole rings is 1. The van der Waals surface area contributed by atoms with Gasteiger partial charge in [-0.2, -0.15) is 4.68 Å². The molecule has 0 saturated heterocycles. The van der Waals surface area contributed by atoms with E-state index in [9.17, 15) is 4.79 Å². The number of benzene rings is 1. The number of amides is 1. The van der Waals surface area contributed by atoms with E-state index in [-0.39, 0.29) is 5.91 Å². The molecule has 3 rings (SSSR count). The Kier molecular flexibility index (Phi) is 5.53. The number of carbonyl (C=O) groups excluding carboxylic acids is 1. The van der Waals surface area contributed by atoms with Gasteiger partial charge in [0.15, 0.2) is 0 Å². The van der Waals surface area contributed by atoms with Gasteiger partial charge in [-0.05, 0) is 54.5 Å². The maximum atomic E-state index is 12.4. The van der Waals surface area contributed by atoms with Gasteiger partial charge >= 0.3 is 0 Å². The largest absolute Gasteiger partial charge is 0.310 e. The van der Waals surface area contributed by atoms with Gasteiger partial charge in [-0.15, -0.1) is 5.10 Å². The minimum absolute atomic E-state index is 0.194. The zero-order valence-electron chi connectivity index (χ0n) is 14.5. The predicted octanol–water partition coefficient (Wildman–Crippen LogP) is 3.45. The number of aryl methyl sites for hydroxylation is 2. The Balaban J connectivity index is 1.76. The second-order valence-electron chi connectivity index (χ2n) is 5.72. The molecule has 1 atom stereocenters. The fraction of sp³-hybridized carbons (Fsp3) is 0.235. The van der Waals surface area contributed by atoms with Gasteiger partial charge in [0.05, 0.1) is 16.0 Å². The van der Waals surface area contributed by atoms with Crippen LogP contribution in [0.3, 0.4) is 0 Å². The zero-order chi connectivity index (χ0) is 18.7. The topological polar surface area (TPSA) is 85.6 Å². The van der Waals surface area contributed by atoms with E-state index in [0.29, 0.717) is 16.0 Å². The first-order valence-electron chi connectivity index (χ1n) is 7.89. The molecular weight excluding hydrogens is 372 g/mol. The molecule has 0 aliphatic heterocycles. The summed E-state index contributed by atoms with van der Waals surface area (Å²) in [6, 6.07) is 9.31. The Morgan fingerprint density at radius 3 is 2.62 bits per heavy atom. The van der Waals surface area contributed by atoms with Crippen molar-refractivity contribution >= 4 is 35.1 Å². The summed E-state index contributed by atoms with van der Waals surface area (Å²) < 4.78 is 1.67. The molecule has 2 aromatic heterocycles. The molecule has 0 fully saturated rings. The number of aromatic nitrogens is 5. The number of rotatable bonds is 5. The van der Waals surface area contributed by atoms with Gasteiger partial charge in [-0.1, -0.05) is 41.6 Å². The molecule has 1 amide bonds. The number of nitrogens with zero attached hydrogens (tertiary/aromatic N) is 5. The van der Waals surface area contributed by atoms with Crippen LogP contribution in [-0.4, -0.2) is 36.3 Å². The lowest BCUT2D eigenvalue weighted by molar-refractivity contribution is -0.115. The number of pyridine rings is 1. The Morgan fingerprint density at radius 2 is 1.96 bits per heavy atom. The Bertz CT molecular complexity index is 907. The molecule has 0 spiro atoms. The quantitative estimate of drug-likeness (QED) is 0.674. The van der Waals surface area contributed by atoms with Gasteiger partial charge in [0.1, 0.15) is 5.82 Å². The minimum atomic E-state index is -0.415. The van der Waals surface area contributed by atoms with Crippen LogP contribution in [0.1, 0.15) is 18.1 Å². The second-order valence-corrected chi connectivity index (χ2v) is 7.47. The number of nitrogens with one attached hydrogen (secondary N) is 1. The molecule has 0 unspecified atom stereocenters. The van der Waals surface area contributed by atoms with E-state index < -0.39 is 5.25 Å². The SMILES string of the molecule is Cc1cccc(C)c1-n1nnnc1S[C@H](C)C(=O)Nc1ccc(Cl)cn1. The average Bonchev–Trinajstić information content (AvgIpc) is 3.04. The van der Waals surface area contributed by atoms with E-state index in [1.54, 1.807) is 23.7 Å². The van der Waals surface area contributed by atoms with Crippen LogP contribution in [0, 0.1) is 13.8 Å². The highest BCUT2D eigenvalue weighted by molar-refractivity contribution is 8.00. The Labute approximate surface area is 160 Å². The molecule has 0 bridgehead atoms. The fourth-order valence-electron chi connectivity index (χ4n) is 2.42. The molecule has 0 aliphatic rings.